The molecule has 2 aromatic rings. The lowest BCUT2D eigenvalue weighted by Gasteiger charge is -2.18. The van der Waals surface area contributed by atoms with Crippen molar-refractivity contribution in [2.24, 2.45) is 17.6 Å². The number of nitrogens with zero attached hydrogens (tertiary/aromatic N) is 2. The maximum Gasteiger partial charge on any atom is 0.228 e. The highest BCUT2D eigenvalue weighted by atomic mass is 35.5. The Balaban J connectivity index is 0.00000121. The SMILES string of the molecule is Cl.Cl.NC1CCC2CN(C(=O)Cc3csc(-c4cccc(F)c4)n3)CC12. The molecule has 4 rings (SSSR count). The van der Waals surface area contributed by atoms with Crippen LogP contribution in [0.25, 0.3) is 10.6 Å². The van der Waals surface area contributed by atoms with E-state index in [1.54, 1.807) is 6.07 Å². The van der Waals surface area contributed by atoms with Gasteiger partial charge in [0.05, 0.1) is 12.1 Å². The van der Waals surface area contributed by atoms with Crippen molar-refractivity contribution in [1.29, 1.82) is 0 Å². The van der Waals surface area contributed by atoms with Crippen molar-refractivity contribution in [3.63, 3.8) is 0 Å². The quantitative estimate of drug-likeness (QED) is 0.830. The molecule has 26 heavy (non-hydrogen) atoms. The first kappa shape index (κ1) is 21.1. The minimum Gasteiger partial charge on any atom is -0.342 e. The van der Waals surface area contributed by atoms with Crippen molar-refractivity contribution in [3.05, 3.63) is 41.2 Å². The molecular formula is C18H22Cl2FN3OS. The second-order valence-corrected chi connectivity index (χ2v) is 7.65. The van der Waals surface area contributed by atoms with Crippen LogP contribution in [-0.2, 0) is 11.2 Å². The van der Waals surface area contributed by atoms with Gasteiger partial charge in [0.1, 0.15) is 10.8 Å². The monoisotopic (exact) mass is 417 g/mol. The van der Waals surface area contributed by atoms with Crippen molar-refractivity contribution >= 4 is 42.1 Å². The highest BCUT2D eigenvalue weighted by Gasteiger charge is 2.42. The number of rotatable bonds is 3. The molecule has 3 unspecified atom stereocenters. The molecule has 3 atom stereocenters. The molecule has 142 valence electrons. The molecule has 1 saturated carbocycles. The fraction of sp³-hybridized carbons (Fsp3) is 0.444. The Morgan fingerprint density at radius 1 is 1.31 bits per heavy atom. The molecule has 2 heterocycles. The fourth-order valence-electron chi connectivity index (χ4n) is 3.92. The molecule has 1 saturated heterocycles. The summed E-state index contributed by atoms with van der Waals surface area (Å²) in [6.45, 7) is 1.61. The van der Waals surface area contributed by atoms with Crippen molar-refractivity contribution in [3.8, 4) is 10.6 Å². The van der Waals surface area contributed by atoms with E-state index < -0.39 is 0 Å². The number of benzene rings is 1. The van der Waals surface area contributed by atoms with Crippen molar-refractivity contribution < 1.29 is 9.18 Å². The summed E-state index contributed by atoms with van der Waals surface area (Å²) in [6.07, 6.45) is 2.52. The van der Waals surface area contributed by atoms with E-state index in [-0.39, 0.29) is 42.6 Å². The zero-order valence-electron chi connectivity index (χ0n) is 14.1. The topological polar surface area (TPSA) is 59.2 Å². The minimum atomic E-state index is -0.278. The first-order valence-corrected chi connectivity index (χ1v) is 9.22. The van der Waals surface area contributed by atoms with Crippen LogP contribution in [0, 0.1) is 17.7 Å². The number of fused-ring (bicyclic) bond motifs is 1. The van der Waals surface area contributed by atoms with E-state index in [1.165, 1.54) is 23.5 Å². The zero-order chi connectivity index (χ0) is 16.7. The summed E-state index contributed by atoms with van der Waals surface area (Å²) in [5, 5.41) is 2.64. The van der Waals surface area contributed by atoms with Gasteiger partial charge in [0.15, 0.2) is 0 Å². The van der Waals surface area contributed by atoms with Crippen LogP contribution >= 0.6 is 36.2 Å². The van der Waals surface area contributed by atoms with Gasteiger partial charge in [-0.1, -0.05) is 12.1 Å². The lowest BCUT2D eigenvalue weighted by atomic mass is 9.98. The molecule has 4 nitrogen and oxygen atoms in total. The van der Waals surface area contributed by atoms with Gasteiger partial charge < -0.3 is 10.6 Å². The molecule has 2 aliphatic rings. The molecule has 1 aromatic carbocycles. The number of hydrogen-bond donors (Lipinski definition) is 1. The van der Waals surface area contributed by atoms with Crippen LogP contribution < -0.4 is 5.73 Å². The van der Waals surface area contributed by atoms with Crippen molar-refractivity contribution in [2.45, 2.75) is 25.3 Å². The van der Waals surface area contributed by atoms with Gasteiger partial charge in [-0.15, -0.1) is 36.2 Å². The number of amides is 1. The van der Waals surface area contributed by atoms with E-state index in [0.29, 0.717) is 18.3 Å². The number of likely N-dealkylation sites (tertiary alicyclic amines) is 1. The van der Waals surface area contributed by atoms with Crippen LogP contribution in [-0.4, -0.2) is 34.9 Å². The minimum absolute atomic E-state index is 0. The third-order valence-electron chi connectivity index (χ3n) is 5.22. The van der Waals surface area contributed by atoms with Crippen LogP contribution in [0.3, 0.4) is 0 Å². The number of aromatic nitrogens is 1. The summed E-state index contributed by atoms with van der Waals surface area (Å²) < 4.78 is 13.3. The van der Waals surface area contributed by atoms with Crippen LogP contribution in [0.2, 0.25) is 0 Å². The Morgan fingerprint density at radius 3 is 2.85 bits per heavy atom. The molecule has 1 aliphatic heterocycles. The van der Waals surface area contributed by atoms with Crippen LogP contribution in [0.15, 0.2) is 29.6 Å². The Bertz CT molecular complexity index is 772. The number of carbonyl (C=O) groups is 1. The van der Waals surface area contributed by atoms with Crippen LogP contribution in [0.5, 0.6) is 0 Å². The Hall–Kier alpha value is -1.21. The van der Waals surface area contributed by atoms with Crippen molar-refractivity contribution in [2.75, 3.05) is 13.1 Å². The standard InChI is InChI=1S/C18H20FN3OS.2ClH/c19-13-3-1-2-11(6-13)18-21-14(10-24-18)7-17(23)22-8-12-4-5-16(20)15(12)9-22;;/h1-3,6,10,12,15-16H,4-5,7-9,20H2;2*1H. The van der Waals surface area contributed by atoms with Gasteiger partial charge in [0, 0.05) is 30.1 Å². The molecule has 2 fully saturated rings. The maximum absolute atomic E-state index is 13.3. The smallest absolute Gasteiger partial charge is 0.228 e. The average molecular weight is 418 g/mol. The average Bonchev–Trinajstić information content (AvgIpc) is 3.25. The number of nitrogens with two attached hydrogens (primary N) is 1. The van der Waals surface area contributed by atoms with Gasteiger partial charge in [-0.25, -0.2) is 9.37 Å². The third-order valence-corrected chi connectivity index (χ3v) is 6.16. The summed E-state index contributed by atoms with van der Waals surface area (Å²) in [5.74, 6) is 0.877. The van der Waals surface area contributed by atoms with Gasteiger partial charge in [0.25, 0.3) is 0 Å². The number of hydrogen-bond acceptors (Lipinski definition) is 4. The summed E-state index contributed by atoms with van der Waals surface area (Å²) in [6, 6.07) is 6.62. The molecule has 0 bridgehead atoms. The molecule has 0 radical (unpaired) electrons. The fourth-order valence-corrected chi connectivity index (χ4v) is 4.74. The predicted octanol–water partition coefficient (Wildman–Crippen LogP) is 3.53. The normalized spacial score (nSPS) is 23.9. The van der Waals surface area contributed by atoms with Crippen LogP contribution in [0.1, 0.15) is 18.5 Å². The maximum atomic E-state index is 13.3. The van der Waals surface area contributed by atoms with Crippen molar-refractivity contribution in [1.82, 2.24) is 9.88 Å². The van der Waals surface area contributed by atoms with Gasteiger partial charge in [-0.3, -0.25) is 4.79 Å². The number of thiazole rings is 1. The Kier molecular flexibility index (Phi) is 7.02. The van der Waals surface area contributed by atoms with Gasteiger partial charge in [0.2, 0.25) is 5.91 Å². The molecule has 0 spiro atoms. The lowest BCUT2D eigenvalue weighted by Crippen LogP contribution is -2.34. The summed E-state index contributed by atoms with van der Waals surface area (Å²) in [5.41, 5.74) is 7.64. The van der Waals surface area contributed by atoms with E-state index in [2.05, 4.69) is 4.98 Å². The van der Waals surface area contributed by atoms with Crippen LogP contribution in [0.4, 0.5) is 4.39 Å². The van der Waals surface area contributed by atoms with E-state index >= 15 is 0 Å². The second kappa shape index (κ2) is 8.65. The first-order valence-electron chi connectivity index (χ1n) is 8.34. The molecular weight excluding hydrogens is 396 g/mol. The van der Waals surface area contributed by atoms with E-state index in [4.69, 9.17) is 5.73 Å². The van der Waals surface area contributed by atoms with E-state index in [0.717, 1.165) is 42.2 Å². The number of carbonyl (C=O) groups excluding carboxylic acids is 1. The highest BCUT2D eigenvalue weighted by molar-refractivity contribution is 7.13. The van der Waals surface area contributed by atoms with Gasteiger partial charge in [-0.2, -0.15) is 0 Å². The first-order chi connectivity index (χ1) is 11.6. The van der Waals surface area contributed by atoms with E-state index in [9.17, 15) is 9.18 Å². The Labute approximate surface area is 168 Å². The zero-order valence-corrected chi connectivity index (χ0v) is 16.6. The number of halogens is 3. The predicted molar refractivity (Wildman–Crippen MR) is 106 cm³/mol. The molecule has 1 aliphatic carbocycles. The summed E-state index contributed by atoms with van der Waals surface area (Å²) in [4.78, 5) is 19.0. The second-order valence-electron chi connectivity index (χ2n) is 6.79. The summed E-state index contributed by atoms with van der Waals surface area (Å²) in [7, 11) is 0. The molecule has 1 aromatic heterocycles. The molecule has 1 amide bonds. The highest BCUT2D eigenvalue weighted by Crippen LogP contribution is 2.37. The van der Waals surface area contributed by atoms with Gasteiger partial charge >= 0.3 is 0 Å². The summed E-state index contributed by atoms with van der Waals surface area (Å²) >= 11 is 1.44. The van der Waals surface area contributed by atoms with E-state index in [1.807, 2.05) is 16.3 Å². The molecule has 2 N–H and O–H groups in total. The Morgan fingerprint density at radius 2 is 2.12 bits per heavy atom. The molecule has 8 heteroatoms. The third kappa shape index (κ3) is 4.19. The van der Waals surface area contributed by atoms with Gasteiger partial charge in [-0.05, 0) is 36.8 Å². The largest absolute Gasteiger partial charge is 0.342 e. The lowest BCUT2D eigenvalue weighted by molar-refractivity contribution is -0.129.